The molecule has 0 aliphatic carbocycles. The summed E-state index contributed by atoms with van der Waals surface area (Å²) in [4.78, 5) is 29.0. The van der Waals surface area contributed by atoms with E-state index in [1.54, 1.807) is 0 Å². The van der Waals surface area contributed by atoms with Gasteiger partial charge in [0.25, 0.3) is 5.91 Å². The van der Waals surface area contributed by atoms with Crippen LogP contribution in [0.1, 0.15) is 22.0 Å². The molecule has 1 aliphatic rings. The van der Waals surface area contributed by atoms with Crippen LogP contribution in [0.3, 0.4) is 0 Å². The molecule has 0 bridgehead atoms. The third-order valence-electron chi connectivity index (χ3n) is 2.24. The van der Waals surface area contributed by atoms with Crippen LogP contribution in [0, 0.1) is 0 Å². The molecule has 2 rings (SSSR count). The molecule has 2 amide bonds. The molecule has 0 aromatic carbocycles. The lowest BCUT2D eigenvalue weighted by Gasteiger charge is -2.13. The summed E-state index contributed by atoms with van der Waals surface area (Å²) in [6, 6.07) is 0. The van der Waals surface area contributed by atoms with Gasteiger partial charge in [0, 0.05) is 5.56 Å². The maximum Gasteiger partial charge on any atom is 0.404 e. The Labute approximate surface area is 92.0 Å². The first kappa shape index (κ1) is 11.3. The number of primary amides is 1. The minimum atomic E-state index is -4.83. The highest BCUT2D eigenvalue weighted by atomic mass is 19.4. The summed E-state index contributed by atoms with van der Waals surface area (Å²) in [5.41, 5.74) is 3.69. The number of hydrogen-bond acceptors (Lipinski definition) is 4. The Balaban J connectivity index is 2.65. The van der Waals surface area contributed by atoms with Crippen LogP contribution in [0.15, 0.2) is 6.33 Å². The van der Waals surface area contributed by atoms with Gasteiger partial charge >= 0.3 is 6.18 Å². The van der Waals surface area contributed by atoms with Gasteiger partial charge in [-0.3, -0.25) is 9.59 Å². The predicted molar refractivity (Wildman–Crippen MR) is 48.0 cm³/mol. The molecule has 0 spiro atoms. The summed E-state index contributed by atoms with van der Waals surface area (Å²) >= 11 is 0. The van der Waals surface area contributed by atoms with E-state index in [-0.39, 0.29) is 5.82 Å². The first-order chi connectivity index (χ1) is 7.82. The van der Waals surface area contributed by atoms with Gasteiger partial charge in [0.05, 0.1) is 0 Å². The summed E-state index contributed by atoms with van der Waals surface area (Å²) in [5.74, 6) is -5.23. The highest BCUT2D eigenvalue weighted by Gasteiger charge is 2.52. The van der Waals surface area contributed by atoms with E-state index >= 15 is 0 Å². The van der Waals surface area contributed by atoms with Crippen molar-refractivity contribution in [2.75, 3.05) is 5.32 Å². The minimum absolute atomic E-state index is 0.332. The Morgan fingerprint density at radius 2 is 2.06 bits per heavy atom. The SMILES string of the molecule is NC(=O)c1ncnc2c1C(C(F)(F)F)C(=O)N2. The monoisotopic (exact) mass is 246 g/mol. The standard InChI is InChI=1S/C8H5F3N4O2/c9-8(10,11)3-2-4(5(12)16)13-1-14-6(2)15-7(3)17/h1,3H,(H2,12,16)(H,13,14,15,17). The van der Waals surface area contributed by atoms with Gasteiger partial charge < -0.3 is 11.1 Å². The summed E-state index contributed by atoms with van der Waals surface area (Å²) in [6.45, 7) is 0. The molecule has 9 heteroatoms. The van der Waals surface area contributed by atoms with Crippen molar-refractivity contribution in [2.24, 2.45) is 5.73 Å². The summed E-state index contributed by atoms with van der Waals surface area (Å²) in [6.07, 6.45) is -3.97. The minimum Gasteiger partial charge on any atom is -0.364 e. The number of nitrogens with two attached hydrogens (primary N) is 1. The molecule has 1 aromatic rings. The van der Waals surface area contributed by atoms with E-state index < -0.39 is 35.2 Å². The van der Waals surface area contributed by atoms with E-state index in [0.29, 0.717) is 0 Å². The van der Waals surface area contributed by atoms with Gasteiger partial charge in [0.2, 0.25) is 5.91 Å². The lowest BCUT2D eigenvalue weighted by Crippen LogP contribution is -2.29. The van der Waals surface area contributed by atoms with Crippen molar-refractivity contribution in [3.63, 3.8) is 0 Å². The zero-order valence-electron chi connectivity index (χ0n) is 8.08. The molecule has 90 valence electrons. The number of alkyl halides is 3. The number of amides is 2. The van der Waals surface area contributed by atoms with E-state index in [2.05, 4.69) is 9.97 Å². The fourth-order valence-electron chi connectivity index (χ4n) is 1.60. The molecular weight excluding hydrogens is 241 g/mol. The molecule has 1 aliphatic heterocycles. The van der Waals surface area contributed by atoms with Crippen molar-refractivity contribution >= 4 is 17.6 Å². The number of nitrogens with zero attached hydrogens (tertiary/aromatic N) is 2. The van der Waals surface area contributed by atoms with Crippen LogP contribution in [0.2, 0.25) is 0 Å². The van der Waals surface area contributed by atoms with E-state index in [4.69, 9.17) is 5.73 Å². The first-order valence-electron chi connectivity index (χ1n) is 4.34. The Hall–Kier alpha value is -2.19. The van der Waals surface area contributed by atoms with Crippen LogP contribution in [-0.4, -0.2) is 28.0 Å². The van der Waals surface area contributed by atoms with Crippen molar-refractivity contribution in [3.8, 4) is 0 Å². The Morgan fingerprint density at radius 3 is 2.59 bits per heavy atom. The van der Waals surface area contributed by atoms with Crippen LogP contribution in [0.5, 0.6) is 0 Å². The molecule has 0 fully saturated rings. The molecule has 6 nitrogen and oxygen atoms in total. The Kier molecular flexibility index (Phi) is 2.26. The fourth-order valence-corrected chi connectivity index (χ4v) is 1.60. The summed E-state index contributed by atoms with van der Waals surface area (Å²) < 4.78 is 38.0. The van der Waals surface area contributed by atoms with Crippen LogP contribution in [0.25, 0.3) is 0 Å². The molecular formula is C8H5F3N4O2. The number of nitrogens with one attached hydrogen (secondary N) is 1. The van der Waals surface area contributed by atoms with Crippen LogP contribution in [-0.2, 0) is 4.79 Å². The summed E-state index contributed by atoms with van der Waals surface area (Å²) in [7, 11) is 0. The number of hydrogen-bond donors (Lipinski definition) is 2. The second-order valence-electron chi connectivity index (χ2n) is 3.31. The van der Waals surface area contributed by atoms with Crippen molar-refractivity contribution in [3.05, 3.63) is 17.6 Å². The van der Waals surface area contributed by atoms with E-state index in [9.17, 15) is 22.8 Å². The van der Waals surface area contributed by atoms with Crippen LogP contribution in [0.4, 0.5) is 19.0 Å². The fraction of sp³-hybridized carbons (Fsp3) is 0.250. The topological polar surface area (TPSA) is 98.0 Å². The van der Waals surface area contributed by atoms with Crippen molar-refractivity contribution in [1.82, 2.24) is 9.97 Å². The lowest BCUT2D eigenvalue weighted by molar-refractivity contribution is -0.160. The van der Waals surface area contributed by atoms with Crippen molar-refractivity contribution < 1.29 is 22.8 Å². The van der Waals surface area contributed by atoms with Crippen LogP contribution < -0.4 is 11.1 Å². The van der Waals surface area contributed by atoms with Crippen molar-refractivity contribution in [1.29, 1.82) is 0 Å². The summed E-state index contributed by atoms with van der Waals surface area (Å²) in [5, 5.41) is 1.93. The number of carbonyl (C=O) groups is 2. The first-order valence-corrected chi connectivity index (χ1v) is 4.34. The molecule has 1 unspecified atom stereocenters. The van der Waals surface area contributed by atoms with Crippen LogP contribution >= 0.6 is 0 Å². The highest BCUT2D eigenvalue weighted by molar-refractivity contribution is 6.06. The molecule has 17 heavy (non-hydrogen) atoms. The average molecular weight is 246 g/mol. The number of carbonyl (C=O) groups excluding carboxylic acids is 2. The lowest BCUT2D eigenvalue weighted by atomic mass is 9.99. The molecule has 2 heterocycles. The Morgan fingerprint density at radius 1 is 1.41 bits per heavy atom. The smallest absolute Gasteiger partial charge is 0.364 e. The van der Waals surface area contributed by atoms with Gasteiger partial charge in [-0.2, -0.15) is 13.2 Å². The van der Waals surface area contributed by atoms with E-state index in [1.807, 2.05) is 5.32 Å². The number of anilines is 1. The van der Waals surface area contributed by atoms with Gasteiger partial charge in [-0.1, -0.05) is 0 Å². The molecule has 0 saturated carbocycles. The molecule has 0 saturated heterocycles. The predicted octanol–water partition coefficient (Wildman–Crippen LogP) is 0.173. The number of rotatable bonds is 1. The van der Waals surface area contributed by atoms with Crippen molar-refractivity contribution in [2.45, 2.75) is 12.1 Å². The second kappa shape index (κ2) is 3.40. The van der Waals surface area contributed by atoms with Gasteiger partial charge in [0.1, 0.15) is 17.8 Å². The third kappa shape index (κ3) is 1.69. The number of halogens is 3. The second-order valence-corrected chi connectivity index (χ2v) is 3.31. The van der Waals surface area contributed by atoms with Gasteiger partial charge in [0.15, 0.2) is 5.92 Å². The molecule has 1 aromatic heterocycles. The number of aromatic nitrogens is 2. The average Bonchev–Trinajstić information content (AvgIpc) is 2.51. The van der Waals surface area contributed by atoms with Gasteiger partial charge in [-0.25, -0.2) is 9.97 Å². The quantitative estimate of drug-likeness (QED) is 0.738. The molecule has 0 radical (unpaired) electrons. The number of fused-ring (bicyclic) bond motifs is 1. The zero-order valence-corrected chi connectivity index (χ0v) is 8.08. The largest absolute Gasteiger partial charge is 0.404 e. The Bertz CT molecular complexity index is 514. The molecule has 1 atom stereocenters. The normalized spacial score (nSPS) is 18.8. The van der Waals surface area contributed by atoms with Gasteiger partial charge in [-0.05, 0) is 0 Å². The van der Waals surface area contributed by atoms with E-state index in [0.717, 1.165) is 6.33 Å². The maximum absolute atomic E-state index is 12.7. The third-order valence-corrected chi connectivity index (χ3v) is 2.24. The van der Waals surface area contributed by atoms with Gasteiger partial charge in [-0.15, -0.1) is 0 Å². The zero-order chi connectivity index (χ0) is 12.8. The maximum atomic E-state index is 12.7. The highest BCUT2D eigenvalue weighted by Crippen LogP contribution is 2.43. The van der Waals surface area contributed by atoms with E-state index in [1.165, 1.54) is 0 Å². The molecule has 3 N–H and O–H groups in total.